The third kappa shape index (κ3) is 1.89. The van der Waals surface area contributed by atoms with Crippen LogP contribution in [0.2, 0.25) is 0 Å². The molecular weight excluding hydrogens is 182 g/mol. The summed E-state index contributed by atoms with van der Waals surface area (Å²) in [5.74, 6) is -0.337. The molecule has 4 heteroatoms. The molecule has 0 bridgehead atoms. The van der Waals surface area contributed by atoms with Gasteiger partial charge in [-0.3, -0.25) is 9.59 Å². The van der Waals surface area contributed by atoms with Crippen molar-refractivity contribution in [3.63, 3.8) is 0 Å². The molecule has 4 nitrogen and oxygen atoms in total. The van der Waals surface area contributed by atoms with Crippen molar-refractivity contribution in [1.29, 1.82) is 0 Å². The summed E-state index contributed by atoms with van der Waals surface area (Å²) in [5, 5.41) is 0. The maximum atomic E-state index is 11.8. The Kier molecular flexibility index (Phi) is 2.70. The lowest BCUT2D eigenvalue weighted by Crippen LogP contribution is -2.39. The summed E-state index contributed by atoms with van der Waals surface area (Å²) < 4.78 is 4.79. The first-order chi connectivity index (χ1) is 6.77. The van der Waals surface area contributed by atoms with Crippen molar-refractivity contribution in [3.8, 4) is 0 Å². The number of carbonyl (C=O) groups is 2. The molecule has 0 radical (unpaired) electrons. The highest BCUT2D eigenvalue weighted by atomic mass is 16.5. The predicted molar refractivity (Wildman–Crippen MR) is 49.5 cm³/mol. The summed E-state index contributed by atoms with van der Waals surface area (Å²) in [5.41, 5.74) is 0. The second kappa shape index (κ2) is 3.98. The number of carbonyl (C=O) groups excluding carboxylic acids is 2. The first kappa shape index (κ1) is 9.49. The van der Waals surface area contributed by atoms with Gasteiger partial charge >= 0.3 is 5.97 Å². The van der Waals surface area contributed by atoms with Crippen molar-refractivity contribution in [1.82, 2.24) is 4.90 Å². The van der Waals surface area contributed by atoms with Crippen molar-refractivity contribution >= 4 is 11.9 Å². The number of cyclic esters (lactones) is 1. The quantitative estimate of drug-likeness (QED) is 0.577. The summed E-state index contributed by atoms with van der Waals surface area (Å²) in [4.78, 5) is 24.6. The molecule has 14 heavy (non-hydrogen) atoms. The van der Waals surface area contributed by atoms with Gasteiger partial charge in [0.25, 0.3) is 0 Å². The normalized spacial score (nSPS) is 27.6. The first-order valence-electron chi connectivity index (χ1n) is 5.22. The van der Waals surface area contributed by atoms with Gasteiger partial charge in [0.05, 0.1) is 12.3 Å². The first-order valence-corrected chi connectivity index (χ1v) is 5.22. The van der Waals surface area contributed by atoms with Crippen LogP contribution in [0.1, 0.15) is 25.7 Å². The summed E-state index contributed by atoms with van der Waals surface area (Å²) >= 11 is 0. The molecule has 2 heterocycles. The minimum absolute atomic E-state index is 0.107. The third-order valence-corrected chi connectivity index (χ3v) is 2.88. The molecule has 1 amide bonds. The van der Waals surface area contributed by atoms with E-state index in [9.17, 15) is 9.59 Å². The Morgan fingerprint density at radius 2 is 2.00 bits per heavy atom. The van der Waals surface area contributed by atoms with Crippen LogP contribution < -0.4 is 0 Å². The van der Waals surface area contributed by atoms with Gasteiger partial charge < -0.3 is 9.64 Å². The topological polar surface area (TPSA) is 46.6 Å². The standard InChI is InChI=1S/C10H15NO3/c12-9-6-8(7-14-9)10(13)11-4-2-1-3-5-11/h8H,1-7H2/t8-/m1/s1. The van der Waals surface area contributed by atoms with Crippen LogP contribution in [0.3, 0.4) is 0 Å². The Hall–Kier alpha value is -1.06. The molecule has 2 aliphatic heterocycles. The number of piperidine rings is 1. The third-order valence-electron chi connectivity index (χ3n) is 2.88. The van der Waals surface area contributed by atoms with E-state index in [2.05, 4.69) is 0 Å². The van der Waals surface area contributed by atoms with Crippen LogP contribution in [0.5, 0.6) is 0 Å². The molecule has 2 saturated heterocycles. The van der Waals surface area contributed by atoms with Crippen molar-refractivity contribution in [3.05, 3.63) is 0 Å². The number of nitrogens with zero attached hydrogens (tertiary/aromatic N) is 1. The van der Waals surface area contributed by atoms with E-state index in [1.165, 1.54) is 6.42 Å². The molecule has 0 aromatic carbocycles. The lowest BCUT2D eigenvalue weighted by molar-refractivity contribution is -0.138. The Bertz CT molecular complexity index is 246. The minimum Gasteiger partial charge on any atom is -0.465 e. The van der Waals surface area contributed by atoms with Gasteiger partial charge in [0.2, 0.25) is 5.91 Å². The van der Waals surface area contributed by atoms with Crippen molar-refractivity contribution < 1.29 is 14.3 Å². The van der Waals surface area contributed by atoms with Crippen LogP contribution in [-0.4, -0.2) is 36.5 Å². The number of hydrogen-bond donors (Lipinski definition) is 0. The molecule has 78 valence electrons. The maximum absolute atomic E-state index is 11.8. The number of esters is 1. The minimum atomic E-state index is -0.236. The lowest BCUT2D eigenvalue weighted by Gasteiger charge is -2.28. The van der Waals surface area contributed by atoms with E-state index in [4.69, 9.17) is 4.74 Å². The molecule has 0 spiro atoms. The van der Waals surface area contributed by atoms with Crippen molar-refractivity contribution in [2.75, 3.05) is 19.7 Å². The molecule has 0 aliphatic carbocycles. The summed E-state index contributed by atoms with van der Waals surface area (Å²) in [6.45, 7) is 1.99. The lowest BCUT2D eigenvalue weighted by atomic mass is 10.0. The van der Waals surface area contributed by atoms with E-state index in [0.717, 1.165) is 25.9 Å². The molecule has 0 N–H and O–H groups in total. The Balaban J connectivity index is 1.90. The molecule has 2 fully saturated rings. The average Bonchev–Trinajstić information content (AvgIpc) is 2.65. The Labute approximate surface area is 83.2 Å². The SMILES string of the molecule is O=C1C[C@@H](C(=O)N2CCCCC2)CO1. The smallest absolute Gasteiger partial charge is 0.306 e. The summed E-state index contributed by atoms with van der Waals surface area (Å²) in [6, 6.07) is 0. The van der Waals surface area contributed by atoms with Gasteiger partial charge in [0.15, 0.2) is 0 Å². The van der Waals surface area contributed by atoms with Crippen molar-refractivity contribution in [2.24, 2.45) is 5.92 Å². The van der Waals surface area contributed by atoms with E-state index in [1.54, 1.807) is 0 Å². The fourth-order valence-electron chi connectivity index (χ4n) is 2.04. The number of likely N-dealkylation sites (tertiary alicyclic amines) is 1. The highest BCUT2D eigenvalue weighted by Gasteiger charge is 2.33. The van der Waals surface area contributed by atoms with E-state index < -0.39 is 0 Å². The van der Waals surface area contributed by atoms with Crippen LogP contribution >= 0.6 is 0 Å². The van der Waals surface area contributed by atoms with Crippen LogP contribution in [0, 0.1) is 5.92 Å². The zero-order chi connectivity index (χ0) is 9.97. The summed E-state index contributed by atoms with van der Waals surface area (Å²) in [7, 11) is 0. The maximum Gasteiger partial charge on any atom is 0.306 e. The number of rotatable bonds is 1. The zero-order valence-corrected chi connectivity index (χ0v) is 8.20. The van der Waals surface area contributed by atoms with Gasteiger partial charge in [0, 0.05) is 13.1 Å². The second-order valence-corrected chi connectivity index (χ2v) is 3.97. The molecule has 0 aromatic rings. The molecule has 2 rings (SSSR count). The van der Waals surface area contributed by atoms with Crippen LogP contribution in [0.4, 0.5) is 0 Å². The van der Waals surface area contributed by atoms with Gasteiger partial charge in [-0.2, -0.15) is 0 Å². The molecule has 0 unspecified atom stereocenters. The van der Waals surface area contributed by atoms with Crippen LogP contribution in [-0.2, 0) is 14.3 Å². The van der Waals surface area contributed by atoms with E-state index in [1.807, 2.05) is 4.90 Å². The van der Waals surface area contributed by atoms with Gasteiger partial charge in [-0.15, -0.1) is 0 Å². The van der Waals surface area contributed by atoms with Crippen molar-refractivity contribution in [2.45, 2.75) is 25.7 Å². The van der Waals surface area contributed by atoms with Gasteiger partial charge in [-0.05, 0) is 19.3 Å². The largest absolute Gasteiger partial charge is 0.465 e. The zero-order valence-electron chi connectivity index (χ0n) is 8.20. The van der Waals surface area contributed by atoms with Crippen LogP contribution in [0.25, 0.3) is 0 Å². The monoisotopic (exact) mass is 197 g/mol. The number of hydrogen-bond acceptors (Lipinski definition) is 3. The molecule has 0 aromatic heterocycles. The predicted octanol–water partition coefficient (Wildman–Crippen LogP) is 0.562. The average molecular weight is 197 g/mol. The number of ether oxygens (including phenoxy) is 1. The van der Waals surface area contributed by atoms with E-state index >= 15 is 0 Å². The highest BCUT2D eigenvalue weighted by molar-refractivity contribution is 5.86. The number of amides is 1. The Morgan fingerprint density at radius 1 is 1.29 bits per heavy atom. The van der Waals surface area contributed by atoms with Gasteiger partial charge in [-0.1, -0.05) is 0 Å². The summed E-state index contributed by atoms with van der Waals surface area (Å²) in [6.07, 6.45) is 3.67. The second-order valence-electron chi connectivity index (χ2n) is 3.97. The fraction of sp³-hybridized carbons (Fsp3) is 0.800. The Morgan fingerprint density at radius 3 is 2.57 bits per heavy atom. The van der Waals surface area contributed by atoms with Crippen LogP contribution in [0.15, 0.2) is 0 Å². The molecule has 2 aliphatic rings. The fourth-order valence-corrected chi connectivity index (χ4v) is 2.04. The van der Waals surface area contributed by atoms with Gasteiger partial charge in [0.1, 0.15) is 6.61 Å². The van der Waals surface area contributed by atoms with E-state index in [-0.39, 0.29) is 30.8 Å². The van der Waals surface area contributed by atoms with Gasteiger partial charge in [-0.25, -0.2) is 0 Å². The van der Waals surface area contributed by atoms with E-state index in [0.29, 0.717) is 0 Å². The highest BCUT2D eigenvalue weighted by Crippen LogP contribution is 2.19. The molecular formula is C10H15NO3. The molecule has 1 atom stereocenters. The molecule has 0 saturated carbocycles.